The third-order valence-electron chi connectivity index (χ3n) is 2.00. The third-order valence-corrected chi connectivity index (χ3v) is 2.91. The molecule has 0 bridgehead atoms. The molecule has 0 amide bonds. The zero-order valence-electron chi connectivity index (χ0n) is 8.02. The lowest BCUT2D eigenvalue weighted by Gasteiger charge is -2.03. The molecule has 0 spiro atoms. The number of hydrogen-bond donors (Lipinski definition) is 0. The van der Waals surface area contributed by atoms with E-state index in [0.29, 0.717) is 20.8 Å². The van der Waals surface area contributed by atoms with E-state index in [1.165, 1.54) is 12.5 Å². The van der Waals surface area contributed by atoms with E-state index in [9.17, 15) is 4.79 Å². The zero-order valence-corrected chi connectivity index (χ0v) is 10.4. The molecule has 0 saturated carbocycles. The van der Waals surface area contributed by atoms with E-state index in [0.717, 1.165) is 0 Å². The molecular weight excluding hydrogens is 291 g/mol. The summed E-state index contributed by atoms with van der Waals surface area (Å²) >= 11 is 9.17. The van der Waals surface area contributed by atoms with Crippen LogP contribution in [0.5, 0.6) is 0 Å². The first-order chi connectivity index (χ1) is 7.70. The number of halogens is 2. The summed E-state index contributed by atoms with van der Waals surface area (Å²) < 4.78 is 0.555. The molecule has 1 aromatic carbocycles. The molecule has 80 valence electrons. The Bertz CT molecular complexity index is 498. The lowest BCUT2D eigenvalue weighted by molar-refractivity contribution is 0.103. The lowest BCUT2D eigenvalue weighted by atomic mass is 10.1. The maximum absolute atomic E-state index is 12.1. The van der Waals surface area contributed by atoms with Crippen molar-refractivity contribution in [3.05, 3.63) is 57.5 Å². The average molecular weight is 298 g/mol. The number of nitrogens with zero attached hydrogens (tertiary/aromatic N) is 2. The number of carbonyl (C=O) groups excluding carboxylic acids is 1. The maximum Gasteiger partial charge on any atom is 0.214 e. The molecule has 0 saturated heterocycles. The summed E-state index contributed by atoms with van der Waals surface area (Å²) in [7, 11) is 0. The fraction of sp³-hybridized carbons (Fsp3) is 0. The van der Waals surface area contributed by atoms with Gasteiger partial charge in [0.1, 0.15) is 12.0 Å². The molecule has 0 radical (unpaired) electrons. The number of ketones is 1. The van der Waals surface area contributed by atoms with Crippen molar-refractivity contribution in [3.63, 3.8) is 0 Å². The quantitative estimate of drug-likeness (QED) is 0.800. The first-order valence-corrected chi connectivity index (χ1v) is 5.62. The molecule has 0 aliphatic heterocycles. The lowest BCUT2D eigenvalue weighted by Crippen LogP contribution is -2.06. The Morgan fingerprint density at radius 1 is 1.31 bits per heavy atom. The molecule has 2 aromatic rings. The Hall–Kier alpha value is -1.26. The summed E-state index contributed by atoms with van der Waals surface area (Å²) in [5.74, 6) is -0.222. The first-order valence-electron chi connectivity index (χ1n) is 4.45. The van der Waals surface area contributed by atoms with Crippen molar-refractivity contribution in [3.8, 4) is 0 Å². The molecule has 0 aliphatic rings. The van der Waals surface area contributed by atoms with Gasteiger partial charge in [-0.25, -0.2) is 9.97 Å². The fourth-order valence-corrected chi connectivity index (χ4v) is 1.87. The van der Waals surface area contributed by atoms with Crippen molar-refractivity contribution in [2.24, 2.45) is 0 Å². The minimum Gasteiger partial charge on any atom is -0.287 e. The van der Waals surface area contributed by atoms with E-state index in [2.05, 4.69) is 25.9 Å². The number of aromatic nitrogens is 2. The normalized spacial score (nSPS) is 10.1. The van der Waals surface area contributed by atoms with E-state index in [1.807, 2.05) is 0 Å². The van der Waals surface area contributed by atoms with Gasteiger partial charge in [0, 0.05) is 11.8 Å². The van der Waals surface area contributed by atoms with Crippen LogP contribution in [-0.2, 0) is 0 Å². The van der Waals surface area contributed by atoms with Gasteiger partial charge in [-0.15, -0.1) is 0 Å². The van der Waals surface area contributed by atoms with Crippen molar-refractivity contribution < 1.29 is 4.79 Å². The van der Waals surface area contributed by atoms with Crippen molar-refractivity contribution >= 4 is 33.3 Å². The number of rotatable bonds is 2. The van der Waals surface area contributed by atoms with Gasteiger partial charge in [-0.1, -0.05) is 23.7 Å². The highest BCUT2D eigenvalue weighted by Crippen LogP contribution is 2.21. The van der Waals surface area contributed by atoms with Crippen LogP contribution in [-0.4, -0.2) is 15.8 Å². The minimum atomic E-state index is -0.222. The molecule has 0 N–H and O–H groups in total. The smallest absolute Gasteiger partial charge is 0.214 e. The Morgan fingerprint density at radius 2 is 2.06 bits per heavy atom. The van der Waals surface area contributed by atoms with Gasteiger partial charge < -0.3 is 0 Å². The molecule has 1 aromatic heterocycles. The van der Waals surface area contributed by atoms with Crippen molar-refractivity contribution in [2.45, 2.75) is 0 Å². The van der Waals surface area contributed by atoms with Crippen LogP contribution in [0, 0.1) is 0 Å². The Morgan fingerprint density at radius 3 is 2.75 bits per heavy atom. The standard InChI is InChI=1S/C11H6BrClN2O/c12-8-5-14-6-15-10(8)11(16)7-3-1-2-4-9(7)13/h1-6H. The number of carbonyl (C=O) groups is 1. The van der Waals surface area contributed by atoms with Crippen LogP contribution in [0.25, 0.3) is 0 Å². The first kappa shape index (κ1) is 11.2. The summed E-state index contributed by atoms with van der Waals surface area (Å²) in [5, 5.41) is 0.415. The molecular formula is C11H6BrClN2O. The third kappa shape index (κ3) is 2.13. The van der Waals surface area contributed by atoms with E-state index >= 15 is 0 Å². The van der Waals surface area contributed by atoms with Crippen LogP contribution in [0.1, 0.15) is 16.1 Å². The molecule has 2 rings (SSSR count). The molecule has 3 nitrogen and oxygen atoms in total. The highest BCUT2D eigenvalue weighted by atomic mass is 79.9. The zero-order chi connectivity index (χ0) is 11.5. The summed E-state index contributed by atoms with van der Waals surface area (Å²) in [6, 6.07) is 6.87. The van der Waals surface area contributed by atoms with E-state index < -0.39 is 0 Å². The van der Waals surface area contributed by atoms with Gasteiger partial charge in [-0.05, 0) is 28.1 Å². The monoisotopic (exact) mass is 296 g/mol. The van der Waals surface area contributed by atoms with Crippen LogP contribution in [0.15, 0.2) is 41.3 Å². The Labute approximate surface area is 106 Å². The van der Waals surface area contributed by atoms with Gasteiger partial charge in [0.2, 0.25) is 5.78 Å². The van der Waals surface area contributed by atoms with Crippen LogP contribution < -0.4 is 0 Å². The van der Waals surface area contributed by atoms with Crippen LogP contribution >= 0.6 is 27.5 Å². The van der Waals surface area contributed by atoms with Gasteiger partial charge in [0.05, 0.1) is 9.50 Å². The van der Waals surface area contributed by atoms with Gasteiger partial charge >= 0.3 is 0 Å². The van der Waals surface area contributed by atoms with Crippen LogP contribution in [0.2, 0.25) is 5.02 Å². The molecule has 0 fully saturated rings. The van der Waals surface area contributed by atoms with Gasteiger partial charge in [-0.3, -0.25) is 4.79 Å². The maximum atomic E-state index is 12.1. The predicted molar refractivity (Wildman–Crippen MR) is 64.6 cm³/mol. The number of hydrogen-bond acceptors (Lipinski definition) is 3. The van der Waals surface area contributed by atoms with Crippen molar-refractivity contribution in [2.75, 3.05) is 0 Å². The SMILES string of the molecule is O=C(c1ccccc1Cl)c1ncncc1Br. The molecule has 0 aliphatic carbocycles. The van der Waals surface area contributed by atoms with Crippen molar-refractivity contribution in [1.82, 2.24) is 9.97 Å². The highest BCUT2D eigenvalue weighted by Gasteiger charge is 2.16. The molecule has 16 heavy (non-hydrogen) atoms. The van der Waals surface area contributed by atoms with E-state index in [-0.39, 0.29) is 5.78 Å². The van der Waals surface area contributed by atoms with Gasteiger partial charge in [-0.2, -0.15) is 0 Å². The molecule has 1 heterocycles. The van der Waals surface area contributed by atoms with E-state index in [4.69, 9.17) is 11.6 Å². The Kier molecular flexibility index (Phi) is 3.31. The summed E-state index contributed by atoms with van der Waals surface area (Å²) in [4.78, 5) is 19.8. The second-order valence-electron chi connectivity index (χ2n) is 3.03. The largest absolute Gasteiger partial charge is 0.287 e. The number of benzene rings is 1. The average Bonchev–Trinajstić information content (AvgIpc) is 2.29. The second kappa shape index (κ2) is 4.72. The van der Waals surface area contributed by atoms with Gasteiger partial charge in [0.15, 0.2) is 0 Å². The van der Waals surface area contributed by atoms with Crippen molar-refractivity contribution in [1.29, 1.82) is 0 Å². The highest BCUT2D eigenvalue weighted by molar-refractivity contribution is 9.10. The molecule has 5 heteroatoms. The summed E-state index contributed by atoms with van der Waals surface area (Å²) in [6.07, 6.45) is 2.85. The van der Waals surface area contributed by atoms with E-state index in [1.54, 1.807) is 24.3 Å². The van der Waals surface area contributed by atoms with Crippen LogP contribution in [0.3, 0.4) is 0 Å². The fourth-order valence-electron chi connectivity index (χ4n) is 1.25. The molecule has 0 unspecified atom stereocenters. The predicted octanol–water partition coefficient (Wildman–Crippen LogP) is 3.12. The Balaban J connectivity index is 2.48. The summed E-state index contributed by atoms with van der Waals surface area (Å²) in [5.41, 5.74) is 0.742. The van der Waals surface area contributed by atoms with Gasteiger partial charge in [0.25, 0.3) is 0 Å². The topological polar surface area (TPSA) is 42.9 Å². The second-order valence-corrected chi connectivity index (χ2v) is 4.29. The summed E-state index contributed by atoms with van der Waals surface area (Å²) in [6.45, 7) is 0. The van der Waals surface area contributed by atoms with Crippen LogP contribution in [0.4, 0.5) is 0 Å². The minimum absolute atomic E-state index is 0.222. The molecule has 0 atom stereocenters.